The number of hydrogen-bond acceptors (Lipinski definition) is 2. The summed E-state index contributed by atoms with van der Waals surface area (Å²) in [5, 5.41) is 3.03. The van der Waals surface area contributed by atoms with Gasteiger partial charge >= 0.3 is 6.03 Å². The highest BCUT2D eigenvalue weighted by molar-refractivity contribution is 5.74. The Morgan fingerprint density at radius 3 is 2.58 bits per heavy atom. The van der Waals surface area contributed by atoms with Crippen LogP contribution in [0.1, 0.15) is 46.0 Å². The predicted octanol–water partition coefficient (Wildman–Crippen LogP) is 2.63. The monoisotopic (exact) mass is 268 g/mol. The molecule has 0 radical (unpaired) electrons. The molecule has 1 aliphatic carbocycles. The van der Waals surface area contributed by atoms with Crippen molar-refractivity contribution in [1.82, 2.24) is 10.2 Å². The van der Waals surface area contributed by atoms with Crippen LogP contribution >= 0.6 is 0 Å². The Kier molecular flexibility index (Phi) is 5.49. The van der Waals surface area contributed by atoms with Gasteiger partial charge in [-0.1, -0.05) is 6.42 Å². The second-order valence-corrected chi connectivity index (χ2v) is 6.21. The molecule has 0 aromatic rings. The maximum Gasteiger partial charge on any atom is 0.317 e. The van der Waals surface area contributed by atoms with Gasteiger partial charge in [-0.3, -0.25) is 0 Å². The number of rotatable bonds is 6. The van der Waals surface area contributed by atoms with Gasteiger partial charge in [0.2, 0.25) is 0 Å². The molecule has 2 rings (SSSR count). The van der Waals surface area contributed by atoms with Crippen LogP contribution in [-0.4, -0.2) is 43.3 Å². The van der Waals surface area contributed by atoms with E-state index in [4.69, 9.17) is 4.74 Å². The largest absolute Gasteiger partial charge is 0.379 e. The van der Waals surface area contributed by atoms with E-state index in [-0.39, 0.29) is 6.03 Å². The first-order chi connectivity index (χ1) is 9.16. The average Bonchev–Trinajstić information content (AvgIpc) is 2.93. The van der Waals surface area contributed by atoms with Crippen molar-refractivity contribution in [3.8, 4) is 0 Å². The summed E-state index contributed by atoms with van der Waals surface area (Å²) < 4.78 is 5.48. The summed E-state index contributed by atoms with van der Waals surface area (Å²) in [7, 11) is 0. The highest BCUT2D eigenvalue weighted by Crippen LogP contribution is 2.37. The molecule has 2 fully saturated rings. The van der Waals surface area contributed by atoms with Crippen molar-refractivity contribution in [3.63, 3.8) is 0 Å². The Labute approximate surface area is 116 Å². The molecule has 110 valence electrons. The quantitative estimate of drug-likeness (QED) is 0.752. The molecule has 0 bridgehead atoms. The Hall–Kier alpha value is -0.770. The fourth-order valence-corrected chi connectivity index (χ4v) is 3.25. The minimum Gasteiger partial charge on any atom is -0.379 e. The number of amides is 2. The van der Waals surface area contributed by atoms with Crippen molar-refractivity contribution in [1.29, 1.82) is 0 Å². The standard InChI is InChI=1S/C15H28N2O2/c1-12(2)19-9-4-3-8-16-15(18)17-10-13-6-5-7-14(13)11-17/h12-14H,3-11H2,1-2H3,(H,16,18)/t13-,14-/m1/s1. The molecule has 0 spiro atoms. The Balaban J connectivity index is 1.53. The molecule has 2 atom stereocenters. The van der Waals surface area contributed by atoms with Crippen LogP contribution in [0.2, 0.25) is 0 Å². The van der Waals surface area contributed by atoms with Gasteiger partial charge in [-0.25, -0.2) is 4.79 Å². The third-order valence-electron chi connectivity index (χ3n) is 4.31. The molecule has 4 nitrogen and oxygen atoms in total. The Morgan fingerprint density at radius 1 is 1.26 bits per heavy atom. The van der Waals surface area contributed by atoms with E-state index >= 15 is 0 Å². The van der Waals surface area contributed by atoms with Crippen LogP contribution in [0.25, 0.3) is 0 Å². The van der Waals surface area contributed by atoms with E-state index in [1.165, 1.54) is 19.3 Å². The SMILES string of the molecule is CC(C)OCCCCNC(=O)N1C[C@H]2CCC[C@@H]2C1. The minimum atomic E-state index is 0.138. The van der Waals surface area contributed by atoms with Crippen LogP contribution in [0.3, 0.4) is 0 Å². The molecule has 2 aliphatic rings. The number of carbonyl (C=O) groups excluding carboxylic acids is 1. The van der Waals surface area contributed by atoms with E-state index in [0.29, 0.717) is 6.10 Å². The smallest absolute Gasteiger partial charge is 0.317 e. The van der Waals surface area contributed by atoms with Gasteiger partial charge in [0.25, 0.3) is 0 Å². The fraction of sp³-hybridized carbons (Fsp3) is 0.933. The van der Waals surface area contributed by atoms with Gasteiger partial charge in [-0.2, -0.15) is 0 Å². The van der Waals surface area contributed by atoms with E-state index in [9.17, 15) is 4.79 Å². The zero-order valence-corrected chi connectivity index (χ0v) is 12.4. The summed E-state index contributed by atoms with van der Waals surface area (Å²) in [5.41, 5.74) is 0. The lowest BCUT2D eigenvalue weighted by molar-refractivity contribution is 0.0760. The molecule has 19 heavy (non-hydrogen) atoms. The van der Waals surface area contributed by atoms with Crippen molar-refractivity contribution in [3.05, 3.63) is 0 Å². The van der Waals surface area contributed by atoms with Gasteiger partial charge in [0.1, 0.15) is 0 Å². The molecule has 1 aliphatic heterocycles. The molecule has 0 aromatic carbocycles. The van der Waals surface area contributed by atoms with Crippen LogP contribution in [0.4, 0.5) is 4.79 Å². The van der Waals surface area contributed by atoms with Gasteiger partial charge in [0.05, 0.1) is 6.10 Å². The molecule has 0 aromatic heterocycles. The second kappa shape index (κ2) is 7.13. The van der Waals surface area contributed by atoms with Crippen LogP contribution < -0.4 is 5.32 Å². The molecular formula is C15H28N2O2. The summed E-state index contributed by atoms with van der Waals surface area (Å²) in [6, 6.07) is 0.138. The second-order valence-electron chi connectivity index (χ2n) is 6.21. The van der Waals surface area contributed by atoms with Crippen molar-refractivity contribution in [2.24, 2.45) is 11.8 Å². The normalized spacial score (nSPS) is 25.9. The van der Waals surface area contributed by atoms with E-state index in [2.05, 4.69) is 5.32 Å². The zero-order chi connectivity index (χ0) is 13.7. The number of hydrogen-bond donors (Lipinski definition) is 1. The number of likely N-dealkylation sites (tertiary alicyclic amines) is 1. The van der Waals surface area contributed by atoms with Crippen molar-refractivity contribution >= 4 is 6.03 Å². The molecule has 1 saturated heterocycles. The van der Waals surface area contributed by atoms with Gasteiger partial charge < -0.3 is 15.0 Å². The fourth-order valence-electron chi connectivity index (χ4n) is 3.25. The van der Waals surface area contributed by atoms with E-state index in [1.807, 2.05) is 18.7 Å². The molecular weight excluding hydrogens is 240 g/mol. The van der Waals surface area contributed by atoms with Gasteiger partial charge in [0, 0.05) is 26.2 Å². The number of ether oxygens (including phenoxy) is 1. The maximum absolute atomic E-state index is 12.0. The number of nitrogens with one attached hydrogen (secondary N) is 1. The number of unbranched alkanes of at least 4 members (excludes halogenated alkanes) is 1. The molecule has 0 unspecified atom stereocenters. The number of urea groups is 1. The predicted molar refractivity (Wildman–Crippen MR) is 76.1 cm³/mol. The van der Waals surface area contributed by atoms with Crippen molar-refractivity contribution in [2.75, 3.05) is 26.2 Å². The third kappa shape index (κ3) is 4.37. The third-order valence-corrected chi connectivity index (χ3v) is 4.31. The van der Waals surface area contributed by atoms with Gasteiger partial charge in [-0.05, 0) is 51.4 Å². The van der Waals surface area contributed by atoms with Gasteiger partial charge in [-0.15, -0.1) is 0 Å². The van der Waals surface area contributed by atoms with E-state index < -0.39 is 0 Å². The van der Waals surface area contributed by atoms with Crippen molar-refractivity contribution in [2.45, 2.75) is 52.1 Å². The van der Waals surface area contributed by atoms with Crippen LogP contribution in [0.15, 0.2) is 0 Å². The summed E-state index contributed by atoms with van der Waals surface area (Å²) in [6.07, 6.45) is 6.32. The summed E-state index contributed by atoms with van der Waals surface area (Å²) in [6.45, 7) is 7.62. The summed E-state index contributed by atoms with van der Waals surface area (Å²) in [4.78, 5) is 14.0. The van der Waals surface area contributed by atoms with Crippen LogP contribution in [0, 0.1) is 11.8 Å². The highest BCUT2D eigenvalue weighted by atomic mass is 16.5. The van der Waals surface area contributed by atoms with E-state index in [1.54, 1.807) is 0 Å². The van der Waals surface area contributed by atoms with Crippen LogP contribution in [-0.2, 0) is 4.74 Å². The molecule has 2 amide bonds. The first kappa shape index (κ1) is 14.6. The number of carbonyl (C=O) groups is 1. The average molecular weight is 268 g/mol. The zero-order valence-electron chi connectivity index (χ0n) is 12.4. The first-order valence-corrected chi connectivity index (χ1v) is 7.81. The molecule has 1 N–H and O–H groups in total. The first-order valence-electron chi connectivity index (χ1n) is 7.81. The Morgan fingerprint density at radius 2 is 1.95 bits per heavy atom. The molecule has 1 heterocycles. The van der Waals surface area contributed by atoms with Crippen molar-refractivity contribution < 1.29 is 9.53 Å². The lowest BCUT2D eigenvalue weighted by atomic mass is 10.0. The Bertz CT molecular complexity index is 282. The lowest BCUT2D eigenvalue weighted by Crippen LogP contribution is -2.39. The maximum atomic E-state index is 12.0. The topological polar surface area (TPSA) is 41.6 Å². The lowest BCUT2D eigenvalue weighted by Gasteiger charge is -2.18. The minimum absolute atomic E-state index is 0.138. The van der Waals surface area contributed by atoms with Gasteiger partial charge in [0.15, 0.2) is 0 Å². The van der Waals surface area contributed by atoms with E-state index in [0.717, 1.165) is 50.9 Å². The molecule has 1 saturated carbocycles. The molecule has 4 heteroatoms. The highest BCUT2D eigenvalue weighted by Gasteiger charge is 2.37. The number of nitrogens with zero attached hydrogens (tertiary/aromatic N) is 1. The summed E-state index contributed by atoms with van der Waals surface area (Å²) >= 11 is 0. The summed E-state index contributed by atoms with van der Waals surface area (Å²) in [5.74, 6) is 1.57. The van der Waals surface area contributed by atoms with Crippen LogP contribution in [0.5, 0.6) is 0 Å². The number of fused-ring (bicyclic) bond motifs is 1.